The van der Waals surface area contributed by atoms with Gasteiger partial charge >= 0.3 is 0 Å². The molecular weight excluding hydrogens is 467 g/mol. The standard InChI is InChI=1S/C28H26F3N3O2/c1-5-23-24(34-8-10-36-11-9-34)13-17(15-33-23)19-14-20(22(30)12-16(19)2)25-18(27(32)35)6-7-21(29)26(25)28(3,4)31/h1,6-7,12-15H,8-11H2,2-4H3,(H2,32,35). The third kappa shape index (κ3) is 4.67. The number of terminal acetylenes is 1. The second-order valence-corrected chi connectivity index (χ2v) is 9.16. The summed E-state index contributed by atoms with van der Waals surface area (Å²) in [6, 6.07) is 6.69. The maximum atomic E-state index is 15.4. The van der Waals surface area contributed by atoms with Crippen LogP contribution in [0.2, 0.25) is 0 Å². The van der Waals surface area contributed by atoms with Crippen LogP contribution in [0, 0.1) is 30.9 Å². The molecule has 0 atom stereocenters. The van der Waals surface area contributed by atoms with Gasteiger partial charge in [0.25, 0.3) is 0 Å². The van der Waals surface area contributed by atoms with E-state index >= 15 is 8.78 Å². The van der Waals surface area contributed by atoms with Gasteiger partial charge in [0.1, 0.15) is 23.0 Å². The zero-order valence-electron chi connectivity index (χ0n) is 20.3. The summed E-state index contributed by atoms with van der Waals surface area (Å²) in [4.78, 5) is 18.7. The van der Waals surface area contributed by atoms with E-state index in [0.717, 1.165) is 31.7 Å². The summed E-state index contributed by atoms with van der Waals surface area (Å²) in [6.45, 7) is 6.36. The van der Waals surface area contributed by atoms with E-state index < -0.39 is 28.8 Å². The molecular formula is C28H26F3N3O2. The van der Waals surface area contributed by atoms with Crippen molar-refractivity contribution in [2.75, 3.05) is 31.2 Å². The van der Waals surface area contributed by atoms with Crippen LogP contribution < -0.4 is 10.6 Å². The topological polar surface area (TPSA) is 68.5 Å². The number of rotatable bonds is 5. The van der Waals surface area contributed by atoms with Crippen LogP contribution in [0.25, 0.3) is 22.3 Å². The molecule has 1 saturated heterocycles. The van der Waals surface area contributed by atoms with E-state index in [9.17, 15) is 9.18 Å². The maximum absolute atomic E-state index is 15.4. The van der Waals surface area contributed by atoms with Crippen LogP contribution in [0.15, 0.2) is 36.5 Å². The highest BCUT2D eigenvalue weighted by Gasteiger charge is 2.32. The number of aromatic nitrogens is 1. The minimum absolute atomic E-state index is 0.140. The number of carbonyl (C=O) groups is 1. The molecule has 36 heavy (non-hydrogen) atoms. The van der Waals surface area contributed by atoms with E-state index in [1.807, 2.05) is 6.07 Å². The molecule has 1 aromatic heterocycles. The van der Waals surface area contributed by atoms with Gasteiger partial charge in [-0.05, 0) is 68.2 Å². The highest BCUT2D eigenvalue weighted by Crippen LogP contribution is 2.42. The van der Waals surface area contributed by atoms with Crippen molar-refractivity contribution in [3.05, 3.63) is 70.5 Å². The van der Waals surface area contributed by atoms with Crippen molar-refractivity contribution >= 4 is 11.6 Å². The highest BCUT2D eigenvalue weighted by atomic mass is 19.1. The van der Waals surface area contributed by atoms with Crippen molar-refractivity contribution in [3.63, 3.8) is 0 Å². The molecule has 2 heterocycles. The number of primary amides is 1. The number of halogens is 3. The molecule has 0 spiro atoms. The summed E-state index contributed by atoms with van der Waals surface area (Å²) in [7, 11) is 0. The van der Waals surface area contributed by atoms with E-state index in [-0.39, 0.29) is 16.7 Å². The average Bonchev–Trinajstić information content (AvgIpc) is 2.83. The lowest BCUT2D eigenvalue weighted by Gasteiger charge is -2.29. The molecule has 1 aliphatic heterocycles. The molecule has 0 saturated carbocycles. The van der Waals surface area contributed by atoms with Crippen molar-refractivity contribution in [2.45, 2.75) is 26.4 Å². The van der Waals surface area contributed by atoms with Gasteiger partial charge in [-0.2, -0.15) is 0 Å². The molecule has 0 bridgehead atoms. The first-order valence-electron chi connectivity index (χ1n) is 11.4. The van der Waals surface area contributed by atoms with E-state index in [1.54, 1.807) is 13.1 Å². The number of carbonyl (C=O) groups excluding carboxylic acids is 1. The Hall–Kier alpha value is -3.83. The molecule has 0 aliphatic carbocycles. The Morgan fingerprint density at radius 1 is 1.14 bits per heavy atom. The average molecular weight is 494 g/mol. The zero-order chi connectivity index (χ0) is 26.2. The predicted octanol–water partition coefficient (Wildman–Crippen LogP) is 5.12. The van der Waals surface area contributed by atoms with E-state index in [0.29, 0.717) is 48.7 Å². The largest absolute Gasteiger partial charge is 0.378 e. The molecule has 2 aromatic carbocycles. The van der Waals surface area contributed by atoms with Gasteiger partial charge in [0.2, 0.25) is 5.91 Å². The van der Waals surface area contributed by atoms with Gasteiger partial charge in [-0.3, -0.25) is 4.79 Å². The Bertz CT molecular complexity index is 1380. The highest BCUT2D eigenvalue weighted by molar-refractivity contribution is 6.01. The number of hydrogen-bond acceptors (Lipinski definition) is 4. The summed E-state index contributed by atoms with van der Waals surface area (Å²) in [5.74, 6) is 0.0267. The monoisotopic (exact) mass is 493 g/mol. The van der Waals surface area contributed by atoms with Crippen LogP contribution in [0.3, 0.4) is 0 Å². The number of benzene rings is 2. The van der Waals surface area contributed by atoms with Crippen LogP contribution in [0.1, 0.15) is 41.0 Å². The quantitative estimate of drug-likeness (QED) is 0.501. The Balaban J connectivity index is 1.97. The number of nitrogens with two attached hydrogens (primary N) is 1. The van der Waals surface area contributed by atoms with Crippen molar-refractivity contribution in [2.24, 2.45) is 5.73 Å². The molecule has 2 N–H and O–H groups in total. The molecule has 186 valence electrons. The maximum Gasteiger partial charge on any atom is 0.249 e. The summed E-state index contributed by atoms with van der Waals surface area (Å²) in [5.41, 5.74) is 5.29. The third-order valence-corrected chi connectivity index (χ3v) is 6.26. The van der Waals surface area contributed by atoms with Gasteiger partial charge in [0.05, 0.1) is 18.9 Å². The number of pyridine rings is 1. The minimum atomic E-state index is -2.22. The van der Waals surface area contributed by atoms with Gasteiger partial charge in [0.15, 0.2) is 0 Å². The molecule has 1 amide bonds. The number of amides is 1. The first-order chi connectivity index (χ1) is 17.0. The van der Waals surface area contributed by atoms with Crippen LogP contribution in [-0.4, -0.2) is 37.2 Å². The van der Waals surface area contributed by atoms with E-state index in [2.05, 4.69) is 15.8 Å². The fraction of sp³-hybridized carbons (Fsp3) is 0.286. The second-order valence-electron chi connectivity index (χ2n) is 9.16. The molecule has 5 nitrogen and oxygen atoms in total. The number of alkyl halides is 1. The van der Waals surface area contributed by atoms with E-state index in [1.165, 1.54) is 12.1 Å². The van der Waals surface area contributed by atoms with Crippen LogP contribution in [0.4, 0.5) is 18.9 Å². The summed E-state index contributed by atoms with van der Waals surface area (Å²) in [6.07, 6.45) is 7.25. The fourth-order valence-corrected chi connectivity index (χ4v) is 4.58. The Kier molecular flexibility index (Phi) is 6.79. The van der Waals surface area contributed by atoms with Crippen molar-refractivity contribution in [1.29, 1.82) is 0 Å². The number of anilines is 1. The smallest absolute Gasteiger partial charge is 0.249 e. The lowest BCUT2D eigenvalue weighted by Crippen LogP contribution is -2.36. The minimum Gasteiger partial charge on any atom is -0.378 e. The SMILES string of the molecule is C#Cc1ncc(-c2cc(-c3c(C(N)=O)ccc(F)c3C(C)(C)F)c(F)cc2C)cc1N1CCOCC1. The van der Waals surface area contributed by atoms with Gasteiger partial charge < -0.3 is 15.4 Å². The predicted molar refractivity (Wildman–Crippen MR) is 133 cm³/mol. The van der Waals surface area contributed by atoms with Gasteiger partial charge in [-0.25, -0.2) is 18.2 Å². The second kappa shape index (κ2) is 9.67. The molecule has 4 rings (SSSR count). The first kappa shape index (κ1) is 25.3. The Labute approximate surface area is 208 Å². The number of aryl methyl sites for hydroxylation is 1. The Morgan fingerprint density at radius 2 is 1.83 bits per heavy atom. The lowest BCUT2D eigenvalue weighted by atomic mass is 9.84. The molecule has 3 aromatic rings. The molecule has 1 aliphatic rings. The zero-order valence-corrected chi connectivity index (χ0v) is 20.3. The van der Waals surface area contributed by atoms with Crippen molar-refractivity contribution in [1.82, 2.24) is 4.98 Å². The normalized spacial score (nSPS) is 14.0. The van der Waals surface area contributed by atoms with Crippen LogP contribution >= 0.6 is 0 Å². The van der Waals surface area contributed by atoms with E-state index in [4.69, 9.17) is 16.9 Å². The van der Waals surface area contributed by atoms with Crippen LogP contribution in [0.5, 0.6) is 0 Å². The third-order valence-electron chi connectivity index (χ3n) is 6.26. The number of hydrogen-bond donors (Lipinski definition) is 1. The van der Waals surface area contributed by atoms with Gasteiger partial charge in [-0.1, -0.05) is 0 Å². The summed E-state index contributed by atoms with van der Waals surface area (Å²) < 4.78 is 50.9. The van der Waals surface area contributed by atoms with Crippen LogP contribution in [-0.2, 0) is 10.4 Å². The summed E-state index contributed by atoms with van der Waals surface area (Å²) in [5, 5.41) is 0. The molecule has 0 unspecified atom stereocenters. The lowest BCUT2D eigenvalue weighted by molar-refractivity contribution is 0.100. The van der Waals surface area contributed by atoms with Gasteiger partial charge in [-0.15, -0.1) is 6.42 Å². The Morgan fingerprint density at radius 3 is 2.44 bits per heavy atom. The number of morpholine rings is 1. The fourth-order valence-electron chi connectivity index (χ4n) is 4.58. The summed E-state index contributed by atoms with van der Waals surface area (Å²) >= 11 is 0. The van der Waals surface area contributed by atoms with Crippen molar-refractivity contribution in [3.8, 4) is 34.6 Å². The molecule has 8 heteroatoms. The van der Waals surface area contributed by atoms with Gasteiger partial charge in [0, 0.05) is 47.1 Å². The number of nitrogens with zero attached hydrogens (tertiary/aromatic N) is 2. The molecule has 1 fully saturated rings. The van der Waals surface area contributed by atoms with Crippen molar-refractivity contribution < 1.29 is 22.7 Å². The molecule has 0 radical (unpaired) electrons. The number of ether oxygens (including phenoxy) is 1. The first-order valence-corrected chi connectivity index (χ1v) is 11.4.